The van der Waals surface area contributed by atoms with E-state index in [4.69, 9.17) is 21.1 Å². The van der Waals surface area contributed by atoms with Gasteiger partial charge in [0.25, 0.3) is 0 Å². The molecule has 8 heteroatoms. The van der Waals surface area contributed by atoms with Gasteiger partial charge in [0.05, 0.1) is 13.2 Å². The molecule has 0 bridgehead atoms. The van der Waals surface area contributed by atoms with Crippen LogP contribution in [-0.4, -0.2) is 53.5 Å². The highest BCUT2D eigenvalue weighted by Gasteiger charge is 2.21. The number of rotatable bonds is 10. The Labute approximate surface area is 145 Å². The summed E-state index contributed by atoms with van der Waals surface area (Å²) in [7, 11) is 0. The number of amides is 1. The maximum atomic E-state index is 12.2. The third kappa shape index (κ3) is 6.85. The molecule has 0 saturated heterocycles. The van der Waals surface area contributed by atoms with Gasteiger partial charge in [-0.1, -0.05) is 0 Å². The van der Waals surface area contributed by atoms with Crippen LogP contribution >= 0.6 is 22.9 Å². The van der Waals surface area contributed by atoms with Gasteiger partial charge in [0.1, 0.15) is 10.4 Å². The largest absolute Gasteiger partial charge is 0.461 e. The lowest BCUT2D eigenvalue weighted by molar-refractivity contribution is -0.131. The van der Waals surface area contributed by atoms with Crippen LogP contribution in [0, 0.1) is 0 Å². The maximum absolute atomic E-state index is 12.2. The molecule has 0 spiro atoms. The number of halogens is 1. The predicted molar refractivity (Wildman–Crippen MR) is 89.9 cm³/mol. The molecule has 0 saturated carbocycles. The summed E-state index contributed by atoms with van der Waals surface area (Å²) < 4.78 is 10.2. The zero-order valence-electron chi connectivity index (χ0n) is 13.7. The SMILES string of the molecule is CCOCCCN(Cc1nc(C(=O)OCC)cs1)C(=O)C(C)Cl. The molecular formula is C15H23ClN2O4S. The molecule has 1 amide bonds. The zero-order valence-corrected chi connectivity index (χ0v) is 15.3. The Morgan fingerprint density at radius 3 is 2.74 bits per heavy atom. The van der Waals surface area contributed by atoms with E-state index < -0.39 is 11.3 Å². The fraction of sp³-hybridized carbons (Fsp3) is 0.667. The second-order valence-corrected chi connectivity index (χ2v) is 6.37. The fourth-order valence-corrected chi connectivity index (χ4v) is 2.78. The van der Waals surface area contributed by atoms with Crippen molar-refractivity contribution in [2.24, 2.45) is 0 Å². The second kappa shape index (κ2) is 10.6. The van der Waals surface area contributed by atoms with Gasteiger partial charge < -0.3 is 14.4 Å². The first-order valence-electron chi connectivity index (χ1n) is 7.61. The molecule has 1 heterocycles. The molecule has 1 atom stereocenters. The number of thiazole rings is 1. The Hall–Kier alpha value is -1.18. The highest BCUT2D eigenvalue weighted by Crippen LogP contribution is 2.15. The smallest absolute Gasteiger partial charge is 0.357 e. The molecule has 1 aromatic heterocycles. The van der Waals surface area contributed by atoms with Crippen molar-refractivity contribution in [3.8, 4) is 0 Å². The molecule has 0 aliphatic carbocycles. The van der Waals surface area contributed by atoms with Gasteiger partial charge in [0, 0.05) is 25.1 Å². The number of carbonyl (C=O) groups is 2. The van der Waals surface area contributed by atoms with Gasteiger partial charge in [-0.05, 0) is 27.2 Å². The highest BCUT2D eigenvalue weighted by atomic mass is 35.5. The third-order valence-electron chi connectivity index (χ3n) is 2.94. The topological polar surface area (TPSA) is 68.7 Å². The Bertz CT molecular complexity index is 507. The first kappa shape index (κ1) is 19.9. The molecule has 1 rings (SSSR count). The number of nitrogens with zero attached hydrogens (tertiary/aromatic N) is 2. The van der Waals surface area contributed by atoms with Crippen LogP contribution in [0.3, 0.4) is 0 Å². The van der Waals surface area contributed by atoms with E-state index in [0.29, 0.717) is 37.9 Å². The van der Waals surface area contributed by atoms with Crippen molar-refractivity contribution < 1.29 is 19.1 Å². The third-order valence-corrected chi connectivity index (χ3v) is 3.96. The number of esters is 1. The highest BCUT2D eigenvalue weighted by molar-refractivity contribution is 7.09. The molecule has 0 fully saturated rings. The van der Waals surface area contributed by atoms with E-state index in [1.807, 2.05) is 6.92 Å². The van der Waals surface area contributed by atoms with Gasteiger partial charge in [0.2, 0.25) is 5.91 Å². The summed E-state index contributed by atoms with van der Waals surface area (Å²) in [5.74, 6) is -0.606. The molecule has 0 aliphatic heterocycles. The standard InChI is InChI=1S/C15H23ClN2O4S/c1-4-21-8-6-7-18(14(19)11(3)16)9-13-17-12(10-23-13)15(20)22-5-2/h10-11H,4-9H2,1-3H3. The number of hydrogen-bond donors (Lipinski definition) is 0. The lowest BCUT2D eigenvalue weighted by atomic mass is 10.3. The molecule has 23 heavy (non-hydrogen) atoms. The first-order chi connectivity index (χ1) is 11.0. The van der Waals surface area contributed by atoms with E-state index in [1.165, 1.54) is 11.3 Å². The van der Waals surface area contributed by atoms with E-state index in [-0.39, 0.29) is 11.6 Å². The average molecular weight is 363 g/mol. The van der Waals surface area contributed by atoms with E-state index in [0.717, 1.165) is 6.42 Å². The maximum Gasteiger partial charge on any atom is 0.357 e. The Morgan fingerprint density at radius 2 is 2.13 bits per heavy atom. The molecule has 130 valence electrons. The van der Waals surface area contributed by atoms with E-state index in [9.17, 15) is 9.59 Å². The summed E-state index contributed by atoms with van der Waals surface area (Å²) in [5.41, 5.74) is 0.271. The van der Waals surface area contributed by atoms with E-state index in [1.54, 1.807) is 24.1 Å². The molecule has 6 nitrogen and oxygen atoms in total. The quantitative estimate of drug-likeness (QED) is 0.363. The minimum Gasteiger partial charge on any atom is -0.461 e. The summed E-state index contributed by atoms with van der Waals surface area (Å²) in [6.07, 6.45) is 0.722. The predicted octanol–water partition coefficient (Wildman–Crippen LogP) is 2.70. The minimum absolute atomic E-state index is 0.156. The molecule has 0 radical (unpaired) electrons. The van der Waals surface area contributed by atoms with Crippen molar-refractivity contribution in [2.45, 2.75) is 39.1 Å². The average Bonchev–Trinajstić information content (AvgIpc) is 2.98. The van der Waals surface area contributed by atoms with Gasteiger partial charge >= 0.3 is 5.97 Å². The summed E-state index contributed by atoms with van der Waals surface area (Å²) >= 11 is 7.24. The summed E-state index contributed by atoms with van der Waals surface area (Å²) in [6, 6.07) is 0. The summed E-state index contributed by atoms with van der Waals surface area (Å²) in [4.78, 5) is 29.7. The van der Waals surface area contributed by atoms with Gasteiger partial charge in [-0.15, -0.1) is 22.9 Å². The number of aromatic nitrogens is 1. The molecule has 0 N–H and O–H groups in total. The Kier molecular flexibility index (Phi) is 9.13. The van der Waals surface area contributed by atoms with Crippen molar-refractivity contribution >= 4 is 34.8 Å². The van der Waals surface area contributed by atoms with Crippen LogP contribution in [0.15, 0.2) is 5.38 Å². The zero-order chi connectivity index (χ0) is 17.2. The summed E-state index contributed by atoms with van der Waals surface area (Å²) in [6.45, 7) is 7.71. The van der Waals surface area contributed by atoms with Crippen LogP contribution in [0.1, 0.15) is 42.7 Å². The second-order valence-electron chi connectivity index (χ2n) is 4.77. The fourth-order valence-electron chi connectivity index (χ4n) is 1.87. The van der Waals surface area contributed by atoms with Crippen molar-refractivity contribution in [2.75, 3.05) is 26.4 Å². The van der Waals surface area contributed by atoms with Crippen molar-refractivity contribution in [3.05, 3.63) is 16.1 Å². The molecule has 0 aromatic carbocycles. The van der Waals surface area contributed by atoms with Gasteiger partial charge in [-0.25, -0.2) is 9.78 Å². The number of alkyl halides is 1. The van der Waals surface area contributed by atoms with Crippen molar-refractivity contribution in [3.63, 3.8) is 0 Å². The monoisotopic (exact) mass is 362 g/mol. The van der Waals surface area contributed by atoms with Gasteiger partial charge in [0.15, 0.2) is 5.69 Å². The van der Waals surface area contributed by atoms with Crippen LogP contribution in [0.5, 0.6) is 0 Å². The molecular weight excluding hydrogens is 340 g/mol. The lowest BCUT2D eigenvalue weighted by Gasteiger charge is -2.22. The Balaban J connectivity index is 2.68. The summed E-state index contributed by atoms with van der Waals surface area (Å²) in [5, 5.41) is 1.71. The van der Waals surface area contributed by atoms with Gasteiger partial charge in [-0.3, -0.25) is 4.79 Å². The van der Waals surface area contributed by atoms with Crippen LogP contribution in [0.2, 0.25) is 0 Å². The molecule has 1 aromatic rings. The van der Waals surface area contributed by atoms with Crippen LogP contribution in [-0.2, 0) is 20.8 Å². The number of hydrogen-bond acceptors (Lipinski definition) is 6. The van der Waals surface area contributed by atoms with Gasteiger partial charge in [-0.2, -0.15) is 0 Å². The molecule has 0 aliphatic rings. The number of ether oxygens (including phenoxy) is 2. The number of carbonyl (C=O) groups excluding carboxylic acids is 2. The normalized spacial score (nSPS) is 12.0. The molecule has 1 unspecified atom stereocenters. The van der Waals surface area contributed by atoms with Crippen LogP contribution in [0.4, 0.5) is 0 Å². The lowest BCUT2D eigenvalue weighted by Crippen LogP contribution is -2.36. The van der Waals surface area contributed by atoms with Crippen molar-refractivity contribution in [1.29, 1.82) is 0 Å². The Morgan fingerprint density at radius 1 is 1.39 bits per heavy atom. The van der Waals surface area contributed by atoms with Crippen molar-refractivity contribution in [1.82, 2.24) is 9.88 Å². The first-order valence-corrected chi connectivity index (χ1v) is 8.93. The van der Waals surface area contributed by atoms with E-state index >= 15 is 0 Å². The van der Waals surface area contributed by atoms with Crippen LogP contribution in [0.25, 0.3) is 0 Å². The minimum atomic E-state index is -0.605. The van der Waals surface area contributed by atoms with E-state index in [2.05, 4.69) is 4.98 Å². The van der Waals surface area contributed by atoms with Crippen LogP contribution < -0.4 is 0 Å².